The first-order chi connectivity index (χ1) is 14.6. The summed E-state index contributed by atoms with van der Waals surface area (Å²) in [4.78, 5) is 25.2. The zero-order chi connectivity index (χ0) is 20.9. The van der Waals surface area contributed by atoms with Gasteiger partial charge >= 0.3 is 0 Å². The van der Waals surface area contributed by atoms with Gasteiger partial charge in [0.1, 0.15) is 17.6 Å². The Morgan fingerprint density at radius 1 is 1.00 bits per heavy atom. The SMILES string of the molecule is C[C@H](Oc1ccc2c(=O)c(-c3ccccc3)coc2c1)C(=O)NCc1ccccc1. The molecule has 0 saturated heterocycles. The lowest BCUT2D eigenvalue weighted by molar-refractivity contribution is -0.127. The number of fused-ring (bicyclic) bond motifs is 1. The Kier molecular flexibility index (Phi) is 5.61. The second-order valence-corrected chi connectivity index (χ2v) is 6.97. The van der Waals surface area contributed by atoms with Crippen LogP contribution in [0.25, 0.3) is 22.1 Å². The van der Waals surface area contributed by atoms with Crippen LogP contribution in [0, 0.1) is 0 Å². The van der Waals surface area contributed by atoms with Crippen LogP contribution in [-0.2, 0) is 11.3 Å². The van der Waals surface area contributed by atoms with Gasteiger partial charge in [-0.05, 0) is 30.2 Å². The monoisotopic (exact) mass is 399 g/mol. The Morgan fingerprint density at radius 2 is 1.70 bits per heavy atom. The van der Waals surface area contributed by atoms with Crippen molar-refractivity contribution in [2.75, 3.05) is 0 Å². The molecule has 5 nitrogen and oxygen atoms in total. The zero-order valence-corrected chi connectivity index (χ0v) is 16.5. The highest BCUT2D eigenvalue weighted by molar-refractivity contribution is 5.83. The first-order valence-corrected chi connectivity index (χ1v) is 9.71. The zero-order valence-electron chi connectivity index (χ0n) is 16.5. The van der Waals surface area contributed by atoms with E-state index in [2.05, 4.69) is 5.32 Å². The lowest BCUT2D eigenvalue weighted by atomic mass is 10.1. The molecule has 0 aliphatic carbocycles. The standard InChI is InChI=1S/C25H21NO4/c1-17(25(28)26-15-18-8-4-2-5-9-18)30-20-12-13-21-23(14-20)29-16-22(24(21)27)19-10-6-3-7-11-19/h2-14,16-17H,15H2,1H3,(H,26,28)/t17-/m0/s1. The highest BCUT2D eigenvalue weighted by Gasteiger charge is 2.16. The van der Waals surface area contributed by atoms with Crippen LogP contribution in [0.2, 0.25) is 0 Å². The summed E-state index contributed by atoms with van der Waals surface area (Å²) in [6.07, 6.45) is 0.765. The predicted molar refractivity (Wildman–Crippen MR) is 116 cm³/mol. The lowest BCUT2D eigenvalue weighted by Crippen LogP contribution is -2.35. The first-order valence-electron chi connectivity index (χ1n) is 9.71. The molecule has 0 unspecified atom stereocenters. The highest BCUT2D eigenvalue weighted by Crippen LogP contribution is 2.23. The molecule has 1 heterocycles. The average Bonchev–Trinajstić information content (AvgIpc) is 2.79. The Morgan fingerprint density at radius 3 is 2.43 bits per heavy atom. The molecule has 150 valence electrons. The summed E-state index contributed by atoms with van der Waals surface area (Å²) >= 11 is 0. The fraction of sp³-hybridized carbons (Fsp3) is 0.120. The average molecular weight is 399 g/mol. The van der Waals surface area contributed by atoms with Crippen molar-refractivity contribution in [3.8, 4) is 16.9 Å². The molecule has 0 radical (unpaired) electrons. The smallest absolute Gasteiger partial charge is 0.261 e. The molecule has 0 saturated carbocycles. The van der Waals surface area contributed by atoms with Gasteiger partial charge < -0.3 is 14.5 Å². The summed E-state index contributed by atoms with van der Waals surface area (Å²) < 4.78 is 11.4. The van der Waals surface area contributed by atoms with Gasteiger partial charge in [0, 0.05) is 12.6 Å². The molecule has 0 fully saturated rings. The molecule has 0 aliphatic heterocycles. The number of hydrogen-bond donors (Lipinski definition) is 1. The van der Waals surface area contributed by atoms with Gasteiger partial charge in [-0.1, -0.05) is 60.7 Å². The number of rotatable bonds is 6. The van der Waals surface area contributed by atoms with Gasteiger partial charge in [0.25, 0.3) is 5.91 Å². The van der Waals surface area contributed by atoms with Crippen LogP contribution >= 0.6 is 0 Å². The molecule has 3 aromatic carbocycles. The second-order valence-electron chi connectivity index (χ2n) is 6.97. The minimum Gasteiger partial charge on any atom is -0.481 e. The summed E-state index contributed by atoms with van der Waals surface area (Å²) in [6, 6.07) is 24.0. The number of nitrogens with one attached hydrogen (secondary N) is 1. The third kappa shape index (κ3) is 4.25. The molecule has 1 amide bonds. The van der Waals surface area contributed by atoms with E-state index in [1.165, 1.54) is 6.26 Å². The topological polar surface area (TPSA) is 68.5 Å². The number of carbonyl (C=O) groups excluding carboxylic acids is 1. The van der Waals surface area contributed by atoms with Gasteiger partial charge in [-0.15, -0.1) is 0 Å². The third-order valence-electron chi connectivity index (χ3n) is 4.82. The Balaban J connectivity index is 1.48. The van der Waals surface area contributed by atoms with Crippen LogP contribution in [0.3, 0.4) is 0 Å². The molecular weight excluding hydrogens is 378 g/mol. The largest absolute Gasteiger partial charge is 0.481 e. The van der Waals surface area contributed by atoms with Crippen molar-refractivity contribution in [3.05, 3.63) is 101 Å². The van der Waals surface area contributed by atoms with E-state index in [-0.39, 0.29) is 11.3 Å². The number of ether oxygens (including phenoxy) is 1. The molecule has 1 aromatic heterocycles. The van der Waals surface area contributed by atoms with Crippen LogP contribution in [0.15, 0.2) is 94.3 Å². The van der Waals surface area contributed by atoms with Crippen molar-refractivity contribution in [1.29, 1.82) is 0 Å². The van der Waals surface area contributed by atoms with Crippen molar-refractivity contribution in [1.82, 2.24) is 5.32 Å². The van der Waals surface area contributed by atoms with E-state index >= 15 is 0 Å². The van der Waals surface area contributed by atoms with E-state index in [0.29, 0.717) is 28.8 Å². The van der Waals surface area contributed by atoms with Gasteiger partial charge in [0.2, 0.25) is 0 Å². The number of hydrogen-bond acceptors (Lipinski definition) is 4. The first kappa shape index (κ1) is 19.5. The number of carbonyl (C=O) groups is 1. The van der Waals surface area contributed by atoms with E-state index < -0.39 is 6.10 Å². The predicted octanol–water partition coefficient (Wildman–Crippen LogP) is 4.54. The maximum absolute atomic E-state index is 12.8. The van der Waals surface area contributed by atoms with Crippen LogP contribution in [-0.4, -0.2) is 12.0 Å². The van der Waals surface area contributed by atoms with E-state index in [4.69, 9.17) is 9.15 Å². The molecule has 0 bridgehead atoms. The van der Waals surface area contributed by atoms with Crippen molar-refractivity contribution in [2.24, 2.45) is 0 Å². The normalized spacial score (nSPS) is 11.8. The lowest BCUT2D eigenvalue weighted by Gasteiger charge is -2.15. The Hall–Kier alpha value is -3.86. The summed E-state index contributed by atoms with van der Waals surface area (Å²) in [6.45, 7) is 2.11. The van der Waals surface area contributed by atoms with Crippen LogP contribution < -0.4 is 15.5 Å². The minimum absolute atomic E-state index is 0.109. The maximum atomic E-state index is 12.8. The second kappa shape index (κ2) is 8.66. The van der Waals surface area contributed by atoms with Gasteiger partial charge in [0.05, 0.1) is 10.9 Å². The highest BCUT2D eigenvalue weighted by atomic mass is 16.5. The molecule has 5 heteroatoms. The number of amides is 1. The summed E-state index contributed by atoms with van der Waals surface area (Å²) in [7, 11) is 0. The quantitative estimate of drug-likeness (QED) is 0.517. The van der Waals surface area contributed by atoms with Crippen molar-refractivity contribution in [3.63, 3.8) is 0 Å². The fourth-order valence-electron chi connectivity index (χ4n) is 3.19. The number of benzene rings is 3. The van der Waals surface area contributed by atoms with E-state index in [0.717, 1.165) is 11.1 Å². The maximum Gasteiger partial charge on any atom is 0.261 e. The molecule has 1 atom stereocenters. The van der Waals surface area contributed by atoms with Gasteiger partial charge in [0.15, 0.2) is 11.5 Å². The Bertz CT molecular complexity index is 1220. The van der Waals surface area contributed by atoms with Gasteiger partial charge in [-0.3, -0.25) is 9.59 Å². The van der Waals surface area contributed by atoms with Gasteiger partial charge in [-0.25, -0.2) is 0 Å². The van der Waals surface area contributed by atoms with Crippen LogP contribution in [0.5, 0.6) is 5.75 Å². The molecule has 0 aliphatic rings. The molecule has 4 rings (SSSR count). The molecule has 4 aromatic rings. The van der Waals surface area contributed by atoms with Crippen LogP contribution in [0.1, 0.15) is 12.5 Å². The van der Waals surface area contributed by atoms with Crippen molar-refractivity contribution in [2.45, 2.75) is 19.6 Å². The molecule has 30 heavy (non-hydrogen) atoms. The van der Waals surface area contributed by atoms with E-state index in [9.17, 15) is 9.59 Å². The van der Waals surface area contributed by atoms with Gasteiger partial charge in [-0.2, -0.15) is 0 Å². The van der Waals surface area contributed by atoms with Crippen LogP contribution in [0.4, 0.5) is 0 Å². The van der Waals surface area contributed by atoms with Crippen molar-refractivity contribution < 1.29 is 13.9 Å². The van der Waals surface area contributed by atoms with E-state index in [1.54, 1.807) is 25.1 Å². The summed E-state index contributed by atoms with van der Waals surface area (Å²) in [5.41, 5.74) is 2.62. The molecule has 0 spiro atoms. The third-order valence-corrected chi connectivity index (χ3v) is 4.82. The summed E-state index contributed by atoms with van der Waals surface area (Å²) in [5, 5.41) is 3.32. The van der Waals surface area contributed by atoms with E-state index in [1.807, 2.05) is 60.7 Å². The Labute approximate surface area is 173 Å². The minimum atomic E-state index is -0.693. The summed E-state index contributed by atoms with van der Waals surface area (Å²) in [5.74, 6) is 0.236. The van der Waals surface area contributed by atoms with Crippen molar-refractivity contribution >= 4 is 16.9 Å². The molecular formula is C25H21NO4. The fourth-order valence-corrected chi connectivity index (χ4v) is 3.19. The molecule has 1 N–H and O–H groups in total.